The van der Waals surface area contributed by atoms with E-state index in [9.17, 15) is 9.59 Å². The maximum atomic E-state index is 12.4. The molecule has 1 heterocycles. The predicted octanol–water partition coefficient (Wildman–Crippen LogP) is 4.32. The second-order valence-corrected chi connectivity index (χ2v) is 7.17. The van der Waals surface area contributed by atoms with Crippen molar-refractivity contribution < 1.29 is 23.5 Å². The minimum atomic E-state index is -0.271. The first-order valence-corrected chi connectivity index (χ1v) is 10.3. The van der Waals surface area contributed by atoms with Crippen LogP contribution in [-0.4, -0.2) is 32.6 Å². The number of anilines is 3. The van der Waals surface area contributed by atoms with Crippen molar-refractivity contribution in [1.82, 2.24) is 0 Å². The summed E-state index contributed by atoms with van der Waals surface area (Å²) >= 11 is 0. The van der Waals surface area contributed by atoms with Crippen LogP contribution in [0.3, 0.4) is 0 Å². The molecule has 8 nitrogen and oxygen atoms in total. The minimum Gasteiger partial charge on any atom is -0.496 e. The Hall–Kier alpha value is -4.46. The number of furan rings is 1. The first-order valence-electron chi connectivity index (χ1n) is 10.3. The number of nitrogens with zero attached hydrogens (tertiary/aromatic N) is 1. The van der Waals surface area contributed by atoms with Gasteiger partial charge in [0.05, 0.1) is 30.4 Å². The Morgan fingerprint density at radius 2 is 1.88 bits per heavy atom. The van der Waals surface area contributed by atoms with Crippen LogP contribution in [0.1, 0.15) is 10.4 Å². The van der Waals surface area contributed by atoms with Crippen molar-refractivity contribution in [2.45, 2.75) is 0 Å². The van der Waals surface area contributed by atoms with Crippen LogP contribution >= 0.6 is 0 Å². The van der Waals surface area contributed by atoms with Gasteiger partial charge in [-0.1, -0.05) is 18.2 Å². The molecule has 0 unspecified atom stereocenters. The monoisotopic (exact) mass is 445 g/mol. The highest BCUT2D eigenvalue weighted by atomic mass is 16.5. The number of fused-ring (bicyclic) bond motifs is 1. The van der Waals surface area contributed by atoms with Crippen molar-refractivity contribution in [2.24, 2.45) is 0 Å². The summed E-state index contributed by atoms with van der Waals surface area (Å²) in [5.41, 5.74) is 8.01. The first-order chi connectivity index (χ1) is 16.1. The molecule has 0 aliphatic carbocycles. The Bertz CT molecular complexity index is 1270. The van der Waals surface area contributed by atoms with Crippen LogP contribution in [0.25, 0.3) is 11.0 Å². The molecule has 0 aliphatic rings. The summed E-state index contributed by atoms with van der Waals surface area (Å²) in [6.45, 7) is 0.514. The van der Waals surface area contributed by atoms with Gasteiger partial charge in [0.2, 0.25) is 12.3 Å². The SMILES string of the molecule is COc1cccc2oc(N(C=O)CCOc3ccc(C(=O)Nc4ccccc4N)cc3)cc12. The number of para-hydroxylation sites is 2. The molecular formula is C25H23N3O5. The number of ether oxygens (including phenoxy) is 2. The van der Waals surface area contributed by atoms with Crippen LogP contribution in [0.5, 0.6) is 11.5 Å². The van der Waals surface area contributed by atoms with Gasteiger partial charge in [0.15, 0.2) is 0 Å². The maximum absolute atomic E-state index is 12.4. The molecule has 8 heteroatoms. The molecule has 3 aromatic carbocycles. The van der Waals surface area contributed by atoms with E-state index in [2.05, 4.69) is 5.32 Å². The normalized spacial score (nSPS) is 10.6. The van der Waals surface area contributed by atoms with E-state index in [0.717, 1.165) is 5.39 Å². The summed E-state index contributed by atoms with van der Waals surface area (Å²) in [5.74, 6) is 1.37. The number of hydrogen-bond acceptors (Lipinski definition) is 6. The quantitative estimate of drug-likeness (QED) is 0.294. The van der Waals surface area contributed by atoms with Gasteiger partial charge in [-0.2, -0.15) is 0 Å². The van der Waals surface area contributed by atoms with E-state index >= 15 is 0 Å². The van der Waals surface area contributed by atoms with Crippen LogP contribution in [0.4, 0.5) is 17.3 Å². The average molecular weight is 445 g/mol. The average Bonchev–Trinajstić information content (AvgIpc) is 3.28. The lowest BCUT2D eigenvalue weighted by Crippen LogP contribution is -2.26. The molecule has 0 saturated heterocycles. The molecule has 0 aliphatic heterocycles. The van der Waals surface area contributed by atoms with E-state index in [1.54, 1.807) is 61.7 Å². The van der Waals surface area contributed by atoms with Crippen LogP contribution in [-0.2, 0) is 4.79 Å². The summed E-state index contributed by atoms with van der Waals surface area (Å²) in [6, 6.07) is 21.0. The molecule has 2 amide bonds. The Balaban J connectivity index is 1.35. The summed E-state index contributed by atoms with van der Waals surface area (Å²) in [7, 11) is 1.58. The molecular weight excluding hydrogens is 422 g/mol. The van der Waals surface area contributed by atoms with Gasteiger partial charge in [0.25, 0.3) is 5.91 Å². The number of methoxy groups -OCH3 is 1. The number of hydrogen-bond donors (Lipinski definition) is 2. The summed E-state index contributed by atoms with van der Waals surface area (Å²) in [6.07, 6.45) is 0.691. The highest BCUT2D eigenvalue weighted by molar-refractivity contribution is 6.05. The molecule has 1 aromatic heterocycles. The van der Waals surface area contributed by atoms with E-state index in [1.165, 1.54) is 4.90 Å². The van der Waals surface area contributed by atoms with E-state index in [0.29, 0.717) is 46.3 Å². The topological polar surface area (TPSA) is 107 Å². The van der Waals surface area contributed by atoms with Crippen molar-refractivity contribution >= 4 is 40.5 Å². The molecule has 0 spiro atoms. The molecule has 0 fully saturated rings. The second-order valence-electron chi connectivity index (χ2n) is 7.17. The van der Waals surface area contributed by atoms with Gasteiger partial charge in [-0.15, -0.1) is 0 Å². The lowest BCUT2D eigenvalue weighted by Gasteiger charge is -2.14. The van der Waals surface area contributed by atoms with Gasteiger partial charge in [-0.05, 0) is 48.5 Å². The molecule has 4 aromatic rings. The van der Waals surface area contributed by atoms with Crippen LogP contribution < -0.4 is 25.4 Å². The molecule has 4 rings (SSSR count). The van der Waals surface area contributed by atoms with Gasteiger partial charge in [-0.25, -0.2) is 0 Å². The van der Waals surface area contributed by atoms with E-state index in [-0.39, 0.29) is 19.1 Å². The van der Waals surface area contributed by atoms with Crippen molar-refractivity contribution in [3.05, 3.63) is 78.4 Å². The van der Waals surface area contributed by atoms with Crippen molar-refractivity contribution in [2.75, 3.05) is 36.2 Å². The third-order valence-electron chi connectivity index (χ3n) is 5.07. The van der Waals surface area contributed by atoms with Gasteiger partial charge < -0.3 is 24.9 Å². The Morgan fingerprint density at radius 3 is 2.61 bits per heavy atom. The molecule has 0 radical (unpaired) electrons. The number of nitrogens with two attached hydrogens (primary N) is 1. The van der Waals surface area contributed by atoms with Crippen molar-refractivity contribution in [3.63, 3.8) is 0 Å². The smallest absolute Gasteiger partial charge is 0.255 e. The number of carbonyl (C=O) groups is 2. The minimum absolute atomic E-state index is 0.235. The highest BCUT2D eigenvalue weighted by Gasteiger charge is 2.14. The molecule has 3 N–H and O–H groups in total. The zero-order valence-corrected chi connectivity index (χ0v) is 18.0. The van der Waals surface area contributed by atoms with Crippen LogP contribution in [0.2, 0.25) is 0 Å². The number of rotatable bonds is 9. The number of nitrogens with one attached hydrogen (secondary N) is 1. The number of nitrogen functional groups attached to an aromatic ring is 1. The lowest BCUT2D eigenvalue weighted by atomic mass is 10.2. The van der Waals surface area contributed by atoms with Gasteiger partial charge >= 0.3 is 0 Å². The first kappa shape index (κ1) is 21.8. The van der Waals surface area contributed by atoms with E-state index in [4.69, 9.17) is 19.6 Å². The highest BCUT2D eigenvalue weighted by Crippen LogP contribution is 2.32. The van der Waals surface area contributed by atoms with Gasteiger partial charge in [-0.3, -0.25) is 14.5 Å². The van der Waals surface area contributed by atoms with Crippen LogP contribution in [0.15, 0.2) is 77.2 Å². The van der Waals surface area contributed by atoms with E-state index < -0.39 is 0 Å². The fourth-order valence-electron chi connectivity index (χ4n) is 3.32. The number of benzene rings is 3. The van der Waals surface area contributed by atoms with Gasteiger partial charge in [0, 0.05) is 11.6 Å². The third kappa shape index (κ3) is 4.90. The summed E-state index contributed by atoms with van der Waals surface area (Å²) in [4.78, 5) is 25.4. The fraction of sp³-hybridized carbons (Fsp3) is 0.120. The van der Waals surface area contributed by atoms with Crippen molar-refractivity contribution in [3.8, 4) is 11.5 Å². The largest absolute Gasteiger partial charge is 0.496 e. The second kappa shape index (κ2) is 9.78. The summed E-state index contributed by atoms with van der Waals surface area (Å²) < 4.78 is 16.8. The predicted molar refractivity (Wildman–Crippen MR) is 127 cm³/mol. The fourth-order valence-corrected chi connectivity index (χ4v) is 3.32. The third-order valence-corrected chi connectivity index (χ3v) is 5.07. The zero-order chi connectivity index (χ0) is 23.2. The molecule has 168 valence electrons. The van der Waals surface area contributed by atoms with E-state index in [1.807, 2.05) is 18.2 Å². The maximum Gasteiger partial charge on any atom is 0.255 e. The van der Waals surface area contributed by atoms with Gasteiger partial charge in [0.1, 0.15) is 23.7 Å². The molecule has 0 saturated carbocycles. The number of amides is 2. The molecule has 0 bridgehead atoms. The molecule has 33 heavy (non-hydrogen) atoms. The Morgan fingerprint density at radius 1 is 1.09 bits per heavy atom. The van der Waals surface area contributed by atoms with Crippen molar-refractivity contribution in [1.29, 1.82) is 0 Å². The Labute approximate surface area is 190 Å². The zero-order valence-electron chi connectivity index (χ0n) is 18.0. The molecule has 0 atom stereocenters. The Kier molecular flexibility index (Phi) is 6.45. The van der Waals surface area contributed by atoms with Crippen LogP contribution in [0, 0.1) is 0 Å². The standard InChI is InChI=1S/C25H23N3O5/c1-31-22-7-4-8-23-19(22)15-24(33-23)28(16-29)13-14-32-18-11-9-17(10-12-18)25(30)27-21-6-3-2-5-20(21)26/h2-12,15-16H,13-14,26H2,1H3,(H,27,30). The number of carbonyl (C=O) groups excluding carboxylic acids is 2. The lowest BCUT2D eigenvalue weighted by molar-refractivity contribution is -0.107. The summed E-state index contributed by atoms with van der Waals surface area (Å²) in [5, 5.41) is 3.57.